The van der Waals surface area contributed by atoms with Crippen LogP contribution in [0.2, 0.25) is 0 Å². The third-order valence-corrected chi connectivity index (χ3v) is 6.85. The van der Waals surface area contributed by atoms with Gasteiger partial charge in [0, 0.05) is 44.2 Å². The number of benzene rings is 1. The van der Waals surface area contributed by atoms with E-state index in [9.17, 15) is 14.4 Å². The van der Waals surface area contributed by atoms with E-state index in [2.05, 4.69) is 4.98 Å². The second-order valence-electron chi connectivity index (χ2n) is 9.07. The van der Waals surface area contributed by atoms with Crippen LogP contribution in [0.25, 0.3) is 10.9 Å². The number of amides is 2. The number of fused-ring (bicyclic) bond motifs is 1. The molecule has 2 amide bonds. The number of rotatable bonds is 7. The largest absolute Gasteiger partial charge is 0.497 e. The third-order valence-electron chi connectivity index (χ3n) is 6.85. The summed E-state index contributed by atoms with van der Waals surface area (Å²) in [5.74, 6) is -0.177. The predicted octanol–water partition coefficient (Wildman–Crippen LogP) is 4.03. The molecule has 2 fully saturated rings. The van der Waals surface area contributed by atoms with Crippen molar-refractivity contribution in [1.29, 1.82) is 0 Å². The number of carbonyl (C=O) groups is 3. The Hall–Kier alpha value is -2.83. The Morgan fingerprint density at radius 3 is 2.53 bits per heavy atom. The van der Waals surface area contributed by atoms with E-state index < -0.39 is 11.7 Å². The maximum atomic E-state index is 13.4. The number of nitrogens with one attached hydrogen (secondary N) is 1. The van der Waals surface area contributed by atoms with E-state index in [0.717, 1.165) is 63.6 Å². The molecular weight excluding hydrogens is 406 g/mol. The summed E-state index contributed by atoms with van der Waals surface area (Å²) in [6.45, 7) is 1.93. The van der Waals surface area contributed by atoms with E-state index >= 15 is 0 Å². The van der Waals surface area contributed by atoms with Crippen molar-refractivity contribution >= 4 is 28.5 Å². The number of aromatic nitrogens is 1. The molecule has 7 heteroatoms. The highest BCUT2D eigenvalue weighted by Gasteiger charge is 2.31. The summed E-state index contributed by atoms with van der Waals surface area (Å²) in [6.07, 6.45) is 10.3. The number of hydrogen-bond donors (Lipinski definition) is 1. The molecule has 1 aromatic heterocycles. The number of nitrogens with zero attached hydrogens (tertiary/aromatic N) is 2. The Balaban J connectivity index is 0.00000306. The van der Waals surface area contributed by atoms with Gasteiger partial charge in [0.15, 0.2) is 0 Å². The Labute approximate surface area is 190 Å². The summed E-state index contributed by atoms with van der Waals surface area (Å²) in [4.78, 5) is 46.0. The molecule has 1 aliphatic carbocycles. The zero-order valence-electron chi connectivity index (χ0n) is 18.9. The molecule has 2 aliphatic rings. The van der Waals surface area contributed by atoms with E-state index in [1.807, 2.05) is 4.90 Å². The van der Waals surface area contributed by atoms with E-state index in [0.29, 0.717) is 29.2 Å². The van der Waals surface area contributed by atoms with Crippen LogP contribution >= 0.6 is 0 Å². The molecule has 1 aromatic carbocycles. The first-order valence-electron chi connectivity index (χ1n) is 11.8. The normalized spacial score (nSPS) is 17.3. The molecule has 0 atom stereocenters. The van der Waals surface area contributed by atoms with Crippen LogP contribution in [-0.2, 0) is 9.59 Å². The molecule has 1 saturated heterocycles. The average Bonchev–Trinajstić information content (AvgIpc) is 3.27. The molecule has 32 heavy (non-hydrogen) atoms. The molecule has 0 unspecified atom stereocenters. The van der Waals surface area contributed by atoms with Gasteiger partial charge in [-0.3, -0.25) is 14.4 Å². The van der Waals surface area contributed by atoms with Crippen molar-refractivity contribution in [3.63, 3.8) is 0 Å². The summed E-state index contributed by atoms with van der Waals surface area (Å²) in [6, 6.07) is 5.36. The third kappa shape index (κ3) is 4.97. The number of methoxy groups -OCH3 is 1. The predicted molar refractivity (Wildman–Crippen MR) is 125 cm³/mol. The molecule has 4 rings (SSSR count). The van der Waals surface area contributed by atoms with Crippen LogP contribution in [0.4, 0.5) is 0 Å². The van der Waals surface area contributed by atoms with Crippen molar-refractivity contribution < 1.29 is 20.5 Å². The van der Waals surface area contributed by atoms with Gasteiger partial charge in [0.05, 0.1) is 12.7 Å². The molecule has 1 aliphatic heterocycles. The van der Waals surface area contributed by atoms with Crippen LogP contribution in [0.5, 0.6) is 5.75 Å². The Bertz CT molecular complexity index is 977. The SMILES string of the molecule is COc1ccc2c(C(=O)C(=O)N(CC(=O)N3CCCCC3)CC3CCCCC3)c[nH]c2c1.[HH]. The van der Waals surface area contributed by atoms with Crippen molar-refractivity contribution in [1.82, 2.24) is 14.8 Å². The number of Topliss-reactive ketones (excluding diaryl/α,β-unsaturated/α-hetero) is 1. The highest BCUT2D eigenvalue weighted by molar-refractivity contribution is 6.45. The zero-order valence-corrected chi connectivity index (χ0v) is 18.9. The van der Waals surface area contributed by atoms with Crippen LogP contribution in [0, 0.1) is 5.92 Å². The van der Waals surface area contributed by atoms with Crippen molar-refractivity contribution in [3.05, 3.63) is 30.0 Å². The summed E-state index contributed by atoms with van der Waals surface area (Å²) in [5.41, 5.74) is 1.08. The van der Waals surface area contributed by atoms with Crippen LogP contribution in [0.3, 0.4) is 0 Å². The molecule has 2 heterocycles. The molecule has 174 valence electrons. The van der Waals surface area contributed by atoms with Crippen molar-refractivity contribution in [3.8, 4) is 5.75 Å². The lowest BCUT2D eigenvalue weighted by molar-refractivity contribution is -0.139. The second kappa shape index (κ2) is 10.2. The quantitative estimate of drug-likeness (QED) is 0.520. The Morgan fingerprint density at radius 1 is 1.09 bits per heavy atom. The minimum atomic E-state index is -0.586. The number of likely N-dealkylation sites (tertiary alicyclic amines) is 1. The van der Waals surface area contributed by atoms with Gasteiger partial charge in [-0.05, 0) is 50.2 Å². The maximum Gasteiger partial charge on any atom is 0.295 e. The molecule has 1 saturated carbocycles. The van der Waals surface area contributed by atoms with E-state index in [1.165, 1.54) is 11.3 Å². The summed E-state index contributed by atoms with van der Waals surface area (Å²) in [7, 11) is 1.59. The molecule has 2 aromatic rings. The van der Waals surface area contributed by atoms with Gasteiger partial charge < -0.3 is 19.5 Å². The minimum absolute atomic E-state index is 0. The lowest BCUT2D eigenvalue weighted by atomic mass is 9.89. The molecule has 0 radical (unpaired) electrons. The fourth-order valence-corrected chi connectivity index (χ4v) is 4.99. The molecule has 0 bridgehead atoms. The summed E-state index contributed by atoms with van der Waals surface area (Å²) in [5, 5.41) is 0.684. The number of carbonyl (C=O) groups excluding carboxylic acids is 3. The van der Waals surface area contributed by atoms with Crippen LogP contribution in [0.1, 0.15) is 63.2 Å². The lowest BCUT2D eigenvalue weighted by Crippen LogP contribution is -2.48. The van der Waals surface area contributed by atoms with Gasteiger partial charge in [-0.25, -0.2) is 0 Å². The first-order valence-corrected chi connectivity index (χ1v) is 11.8. The topological polar surface area (TPSA) is 82.7 Å². The van der Waals surface area contributed by atoms with Crippen molar-refractivity contribution in [2.75, 3.05) is 33.3 Å². The van der Waals surface area contributed by atoms with Gasteiger partial charge in [-0.15, -0.1) is 0 Å². The van der Waals surface area contributed by atoms with Crippen molar-refractivity contribution in [2.45, 2.75) is 51.4 Å². The van der Waals surface area contributed by atoms with Gasteiger partial charge in [0.25, 0.3) is 11.7 Å². The standard InChI is InChI=1S/C25H33N3O4.H2/c1-32-19-10-11-20-21(15-26-22(20)14-19)24(30)25(31)28(16-18-8-4-2-5-9-18)17-23(29)27-12-6-3-7-13-27;/h10-11,14-15,18,26H,2-9,12-13,16-17H2,1H3;1H. The smallest absolute Gasteiger partial charge is 0.295 e. The Kier molecular flexibility index (Phi) is 7.12. The first kappa shape index (κ1) is 22.4. The summed E-state index contributed by atoms with van der Waals surface area (Å²) >= 11 is 0. The van der Waals surface area contributed by atoms with E-state index in [4.69, 9.17) is 4.74 Å². The van der Waals surface area contributed by atoms with Gasteiger partial charge in [0.2, 0.25) is 5.91 Å². The number of ether oxygens (including phenoxy) is 1. The number of hydrogen-bond acceptors (Lipinski definition) is 4. The highest BCUT2D eigenvalue weighted by atomic mass is 16.5. The number of ketones is 1. The molecular formula is C25H35N3O4. The van der Waals surface area contributed by atoms with E-state index in [1.54, 1.807) is 31.5 Å². The van der Waals surface area contributed by atoms with Crippen molar-refractivity contribution in [2.24, 2.45) is 5.92 Å². The first-order chi connectivity index (χ1) is 15.6. The average molecular weight is 442 g/mol. The number of H-pyrrole nitrogens is 1. The van der Waals surface area contributed by atoms with Gasteiger partial charge >= 0.3 is 0 Å². The monoisotopic (exact) mass is 441 g/mol. The fraction of sp³-hybridized carbons (Fsp3) is 0.560. The maximum absolute atomic E-state index is 13.4. The van der Waals surface area contributed by atoms with Gasteiger partial charge in [0.1, 0.15) is 12.3 Å². The summed E-state index contributed by atoms with van der Waals surface area (Å²) < 4.78 is 5.24. The zero-order chi connectivity index (χ0) is 22.5. The fourth-order valence-electron chi connectivity index (χ4n) is 4.99. The lowest BCUT2D eigenvalue weighted by Gasteiger charge is -2.32. The number of piperidine rings is 1. The molecule has 0 spiro atoms. The molecule has 1 N–H and O–H groups in total. The second-order valence-corrected chi connectivity index (χ2v) is 9.07. The van der Waals surface area contributed by atoms with Crippen LogP contribution in [0.15, 0.2) is 24.4 Å². The minimum Gasteiger partial charge on any atom is -0.497 e. The van der Waals surface area contributed by atoms with Gasteiger partial charge in [-0.2, -0.15) is 0 Å². The molecule has 7 nitrogen and oxygen atoms in total. The highest BCUT2D eigenvalue weighted by Crippen LogP contribution is 2.26. The van der Waals surface area contributed by atoms with Crippen LogP contribution < -0.4 is 4.74 Å². The number of aromatic amines is 1. The Morgan fingerprint density at radius 2 is 1.81 bits per heavy atom. The van der Waals surface area contributed by atoms with E-state index in [-0.39, 0.29) is 13.9 Å². The van der Waals surface area contributed by atoms with Gasteiger partial charge in [-0.1, -0.05) is 19.3 Å². The van der Waals surface area contributed by atoms with Crippen LogP contribution in [-0.4, -0.2) is 65.7 Å².